The fourth-order valence-corrected chi connectivity index (χ4v) is 11.3. The zero-order valence-electron chi connectivity index (χ0n) is 41.5. The molecule has 2 aromatic heterocycles. The van der Waals surface area contributed by atoms with Crippen LogP contribution in [0.5, 0.6) is 0 Å². The SMILES string of the molecule is CCc1c(C)/c2[nH]/c1=C\c1[nH]c3c(c1C)[C@H](O)C(C(=O)OC)=C3C1N/C(=C\C3=C(C)[C@H](CC)C(\C=2)N3)[C@@H](C)[C@@H]1CCC(=O)OC/C=C(\C)CCC[C@@H](C)CCC[C@H](C)CCCC(C)C. The molecule has 64 heavy (non-hydrogen) atoms. The third-order valence-electron chi connectivity index (χ3n) is 15.5. The van der Waals surface area contributed by atoms with Gasteiger partial charge in [-0.3, -0.25) is 4.79 Å². The first-order chi connectivity index (χ1) is 30.6. The first-order valence-electron chi connectivity index (χ1n) is 25.0. The van der Waals surface area contributed by atoms with Crippen LogP contribution in [-0.2, 0) is 25.5 Å². The van der Waals surface area contributed by atoms with E-state index in [0.29, 0.717) is 23.5 Å². The van der Waals surface area contributed by atoms with Crippen molar-refractivity contribution in [3.05, 3.63) is 84.6 Å². The molecular formula is C55H82N4O5. The van der Waals surface area contributed by atoms with Crippen molar-refractivity contribution < 1.29 is 24.2 Å². The number of H-pyrrole nitrogens is 2. The lowest BCUT2D eigenvalue weighted by atomic mass is 9.82. The number of aromatic amines is 2. The van der Waals surface area contributed by atoms with E-state index >= 15 is 0 Å². The molecule has 352 valence electrons. The molecule has 4 aliphatic rings. The number of nitrogens with one attached hydrogen (secondary N) is 4. The van der Waals surface area contributed by atoms with Crippen LogP contribution in [0.1, 0.15) is 179 Å². The molecule has 8 atom stereocenters. The fourth-order valence-electron chi connectivity index (χ4n) is 11.3. The number of rotatable bonds is 20. The Morgan fingerprint density at radius 3 is 2.22 bits per heavy atom. The monoisotopic (exact) mass is 879 g/mol. The molecule has 2 aromatic rings. The topological polar surface area (TPSA) is 128 Å². The number of esters is 2. The van der Waals surface area contributed by atoms with E-state index < -0.39 is 12.1 Å². The summed E-state index contributed by atoms with van der Waals surface area (Å²) in [7, 11) is 1.37. The van der Waals surface area contributed by atoms with E-state index in [4.69, 9.17) is 9.47 Å². The second-order valence-electron chi connectivity index (χ2n) is 20.5. The van der Waals surface area contributed by atoms with Crippen LogP contribution in [0.15, 0.2) is 40.3 Å². The lowest BCUT2D eigenvalue weighted by Gasteiger charge is -2.24. The van der Waals surface area contributed by atoms with E-state index in [-0.39, 0.29) is 48.5 Å². The Morgan fingerprint density at radius 2 is 1.56 bits per heavy atom. The molecule has 9 nitrogen and oxygen atoms in total. The Hall–Kier alpha value is -4.24. The highest BCUT2D eigenvalue weighted by molar-refractivity contribution is 6.03. The van der Waals surface area contributed by atoms with Crippen LogP contribution in [0.25, 0.3) is 17.7 Å². The second kappa shape index (κ2) is 21.8. The maximum atomic E-state index is 13.7. The number of aliphatic hydroxyl groups excluding tert-OH is 1. The van der Waals surface area contributed by atoms with E-state index in [1.165, 1.54) is 74.3 Å². The maximum absolute atomic E-state index is 13.7. The van der Waals surface area contributed by atoms with Crippen LogP contribution in [0.3, 0.4) is 0 Å². The van der Waals surface area contributed by atoms with Crippen molar-refractivity contribution in [2.24, 2.45) is 35.5 Å². The molecule has 5 heterocycles. The Bertz CT molecular complexity index is 2250. The van der Waals surface area contributed by atoms with Crippen molar-refractivity contribution in [1.82, 2.24) is 20.6 Å². The minimum absolute atomic E-state index is 0.0101. The van der Waals surface area contributed by atoms with E-state index in [0.717, 1.165) is 82.5 Å². The van der Waals surface area contributed by atoms with Crippen molar-refractivity contribution in [3.63, 3.8) is 0 Å². The van der Waals surface area contributed by atoms with Crippen molar-refractivity contribution in [2.75, 3.05) is 13.7 Å². The maximum Gasteiger partial charge on any atom is 0.337 e. The van der Waals surface area contributed by atoms with Crippen molar-refractivity contribution in [3.8, 4) is 0 Å². The molecule has 0 radical (unpaired) electrons. The summed E-state index contributed by atoms with van der Waals surface area (Å²) in [6, 6.07) is -0.259. The highest BCUT2D eigenvalue weighted by Crippen LogP contribution is 2.50. The van der Waals surface area contributed by atoms with Crippen molar-refractivity contribution in [1.29, 1.82) is 0 Å². The van der Waals surface area contributed by atoms with Gasteiger partial charge in [0.1, 0.15) is 12.7 Å². The third kappa shape index (κ3) is 10.9. The molecule has 1 aliphatic carbocycles. The molecular weight excluding hydrogens is 797 g/mol. The molecule has 8 bridgehead atoms. The zero-order chi connectivity index (χ0) is 46.4. The molecule has 0 saturated carbocycles. The number of aromatic nitrogens is 2. The van der Waals surface area contributed by atoms with Crippen LogP contribution in [-0.4, -0.2) is 52.8 Å². The average molecular weight is 879 g/mol. The van der Waals surface area contributed by atoms with Crippen LogP contribution in [0.4, 0.5) is 0 Å². The highest BCUT2D eigenvalue weighted by atomic mass is 16.5. The molecule has 0 spiro atoms. The zero-order valence-corrected chi connectivity index (χ0v) is 41.5. The van der Waals surface area contributed by atoms with E-state index in [1.807, 2.05) is 6.92 Å². The third-order valence-corrected chi connectivity index (χ3v) is 15.5. The number of aliphatic hydroxyl groups is 1. The van der Waals surface area contributed by atoms with Crippen LogP contribution in [0, 0.1) is 49.4 Å². The van der Waals surface area contributed by atoms with Crippen molar-refractivity contribution in [2.45, 2.75) is 178 Å². The summed E-state index contributed by atoms with van der Waals surface area (Å²) in [6.45, 7) is 24.9. The number of ether oxygens (including phenoxy) is 2. The van der Waals surface area contributed by atoms with E-state index in [2.05, 4.69) is 114 Å². The summed E-state index contributed by atoms with van der Waals surface area (Å²) in [5.41, 5.74) is 11.4. The summed E-state index contributed by atoms with van der Waals surface area (Å²) in [5.74, 6) is 1.83. The van der Waals surface area contributed by atoms with Crippen LogP contribution >= 0.6 is 0 Å². The van der Waals surface area contributed by atoms with Gasteiger partial charge in [0.25, 0.3) is 0 Å². The van der Waals surface area contributed by atoms with Gasteiger partial charge < -0.3 is 35.2 Å². The average Bonchev–Trinajstić information content (AvgIpc) is 3.99. The molecule has 0 amide bonds. The predicted octanol–water partition coefficient (Wildman–Crippen LogP) is 10.2. The Kier molecular flexibility index (Phi) is 16.8. The quantitative estimate of drug-likeness (QED) is 0.0662. The number of hydrogen-bond acceptors (Lipinski definition) is 7. The number of fused-ring (bicyclic) bond motifs is 8. The van der Waals surface area contributed by atoms with E-state index in [9.17, 15) is 14.7 Å². The number of carbonyl (C=O) groups excluding carboxylic acids is 2. The molecule has 5 N–H and O–H groups in total. The molecule has 0 aromatic carbocycles. The van der Waals surface area contributed by atoms with E-state index in [1.54, 1.807) is 0 Å². The lowest BCUT2D eigenvalue weighted by Crippen LogP contribution is -2.31. The number of carbonyl (C=O) groups is 2. The summed E-state index contributed by atoms with van der Waals surface area (Å²) < 4.78 is 11.2. The lowest BCUT2D eigenvalue weighted by molar-refractivity contribution is -0.143. The molecule has 9 heteroatoms. The molecule has 1 fully saturated rings. The van der Waals surface area contributed by atoms with Gasteiger partial charge >= 0.3 is 11.9 Å². The number of allylic oxidation sites excluding steroid dienone is 3. The molecule has 6 rings (SSSR count). The number of hydrogen-bond donors (Lipinski definition) is 5. The van der Waals surface area contributed by atoms with Crippen LogP contribution in [0.2, 0.25) is 0 Å². The van der Waals surface area contributed by atoms with Crippen molar-refractivity contribution >= 4 is 29.7 Å². The first-order valence-corrected chi connectivity index (χ1v) is 25.0. The van der Waals surface area contributed by atoms with Gasteiger partial charge in [-0.15, -0.1) is 0 Å². The first kappa shape index (κ1) is 49.2. The van der Waals surface area contributed by atoms with Gasteiger partial charge in [0.05, 0.1) is 30.5 Å². The van der Waals surface area contributed by atoms with Gasteiger partial charge in [-0.05, 0) is 130 Å². The largest absolute Gasteiger partial charge is 0.466 e. The second-order valence-corrected chi connectivity index (χ2v) is 20.5. The minimum atomic E-state index is -1.16. The normalized spacial score (nSPS) is 25.6. The Labute approximate surface area is 384 Å². The Morgan fingerprint density at radius 1 is 0.875 bits per heavy atom. The summed E-state index contributed by atoms with van der Waals surface area (Å²) in [4.78, 5) is 34.6. The highest BCUT2D eigenvalue weighted by Gasteiger charge is 2.47. The summed E-state index contributed by atoms with van der Waals surface area (Å²) in [5, 5.41) is 21.9. The van der Waals surface area contributed by atoms with Gasteiger partial charge in [0.15, 0.2) is 0 Å². The summed E-state index contributed by atoms with van der Waals surface area (Å²) >= 11 is 0. The molecule has 3 aliphatic heterocycles. The molecule has 1 saturated heterocycles. The minimum Gasteiger partial charge on any atom is -0.466 e. The summed E-state index contributed by atoms with van der Waals surface area (Å²) in [6.07, 6.45) is 21.7. The predicted molar refractivity (Wildman–Crippen MR) is 261 cm³/mol. The fraction of sp³-hybridized carbons (Fsp3) is 0.636. The van der Waals surface area contributed by atoms with Gasteiger partial charge in [0, 0.05) is 57.2 Å². The molecule has 2 unspecified atom stereocenters. The van der Waals surface area contributed by atoms with Gasteiger partial charge in [-0.25, -0.2) is 4.79 Å². The smallest absolute Gasteiger partial charge is 0.337 e. The van der Waals surface area contributed by atoms with Gasteiger partial charge in [-0.1, -0.05) is 99.0 Å². The Balaban J connectivity index is 1.19. The van der Waals surface area contributed by atoms with Gasteiger partial charge in [0.2, 0.25) is 0 Å². The standard InChI is InChI=1S/C55H82N4O5/c1-13-39-35(8)42-28-44-37(10)41(24-25-48(60)64-27-26-34(7)23-17-22-33(6)21-16-20-32(5)19-15-18-31(3)4)52(58-44)50-51(55(62)63-12)54(61)49-38(11)45(59-53(49)50)30-47-40(14-2)36(9)43(57-47)29-46(39)56-42/h26,28-33,37,39,41,46,52,54,56-59,61H,13-25,27H2,1-12H3/b34-26+,43-29-,44-28-,47-30-/t32-,33+,37+,39+,41+,46?,52?,54+/m1/s1. The van der Waals surface area contributed by atoms with Gasteiger partial charge in [-0.2, -0.15) is 0 Å². The van der Waals surface area contributed by atoms with Crippen LogP contribution < -0.4 is 21.3 Å². The number of methoxy groups -OCH3 is 1.